The summed E-state index contributed by atoms with van der Waals surface area (Å²) in [6.45, 7) is 2.54. The third kappa shape index (κ3) is 1.49. The number of nitrogens with one attached hydrogen (secondary N) is 1. The molecule has 0 saturated heterocycles. The molecule has 1 aliphatic rings. The predicted molar refractivity (Wildman–Crippen MR) is 51.6 cm³/mol. The third-order valence-corrected chi connectivity index (χ3v) is 2.52. The lowest BCUT2D eigenvalue weighted by Gasteiger charge is -2.24. The molecule has 2 heteroatoms. The first-order valence-corrected chi connectivity index (χ1v) is 4.60. The highest BCUT2D eigenvalue weighted by Gasteiger charge is 2.21. The molecule has 2 rings (SSSR count). The van der Waals surface area contributed by atoms with Crippen LogP contribution >= 0.6 is 0 Å². The van der Waals surface area contributed by atoms with Gasteiger partial charge in [0.2, 0.25) is 0 Å². The summed E-state index contributed by atoms with van der Waals surface area (Å²) in [6.07, 6.45) is 1.03. The quantitative estimate of drug-likeness (QED) is 0.700. The van der Waals surface area contributed by atoms with E-state index in [2.05, 4.69) is 11.4 Å². The second kappa shape index (κ2) is 3.30. The van der Waals surface area contributed by atoms with Crippen molar-refractivity contribution >= 4 is 5.78 Å². The fraction of sp³-hybridized carbons (Fsp3) is 0.364. The van der Waals surface area contributed by atoms with E-state index >= 15 is 0 Å². The number of rotatable bonds is 1. The van der Waals surface area contributed by atoms with Gasteiger partial charge in [0.15, 0.2) is 5.78 Å². The molecule has 1 unspecified atom stereocenters. The lowest BCUT2D eigenvalue weighted by molar-refractivity contribution is -0.119. The normalized spacial score (nSPS) is 20.8. The highest BCUT2D eigenvalue weighted by Crippen LogP contribution is 2.22. The first-order valence-electron chi connectivity index (χ1n) is 4.60. The minimum atomic E-state index is -0.0788. The number of hydrogen-bond donors (Lipinski definition) is 1. The van der Waals surface area contributed by atoms with Crippen molar-refractivity contribution in [3.63, 3.8) is 0 Å². The molecule has 0 aliphatic carbocycles. The van der Waals surface area contributed by atoms with Gasteiger partial charge in [-0.1, -0.05) is 24.3 Å². The van der Waals surface area contributed by atoms with E-state index in [9.17, 15) is 4.79 Å². The zero-order valence-corrected chi connectivity index (χ0v) is 7.71. The van der Waals surface area contributed by atoms with Gasteiger partial charge in [0.05, 0.1) is 6.04 Å². The minimum Gasteiger partial charge on any atom is -0.303 e. The van der Waals surface area contributed by atoms with Crippen molar-refractivity contribution in [2.24, 2.45) is 0 Å². The summed E-state index contributed by atoms with van der Waals surface area (Å²) in [5.74, 6) is 0.201. The molecule has 0 aromatic heterocycles. The van der Waals surface area contributed by atoms with E-state index in [0.717, 1.165) is 18.5 Å². The molecule has 1 heterocycles. The molecule has 1 atom stereocenters. The topological polar surface area (TPSA) is 29.1 Å². The number of benzene rings is 1. The Bertz CT molecular complexity index is 333. The fourth-order valence-electron chi connectivity index (χ4n) is 1.87. The van der Waals surface area contributed by atoms with Gasteiger partial charge in [-0.15, -0.1) is 0 Å². The van der Waals surface area contributed by atoms with Crippen molar-refractivity contribution in [1.29, 1.82) is 0 Å². The molecule has 0 radical (unpaired) electrons. The molecule has 1 aromatic carbocycles. The van der Waals surface area contributed by atoms with Gasteiger partial charge in [-0.2, -0.15) is 0 Å². The summed E-state index contributed by atoms with van der Waals surface area (Å²) >= 11 is 0. The van der Waals surface area contributed by atoms with Gasteiger partial charge in [-0.3, -0.25) is 4.79 Å². The molecular formula is C11H13NO. The first-order chi connectivity index (χ1) is 6.29. The maximum Gasteiger partial charge on any atom is 0.151 e. The number of fused-ring (bicyclic) bond motifs is 1. The van der Waals surface area contributed by atoms with E-state index in [-0.39, 0.29) is 11.8 Å². The Morgan fingerprint density at radius 1 is 1.46 bits per heavy atom. The van der Waals surface area contributed by atoms with Crippen LogP contribution in [0.3, 0.4) is 0 Å². The summed E-state index contributed by atoms with van der Waals surface area (Å²) in [7, 11) is 0. The maximum absolute atomic E-state index is 11.3. The van der Waals surface area contributed by atoms with Crippen LogP contribution in [0.4, 0.5) is 0 Å². The molecule has 1 aromatic rings. The predicted octanol–water partition coefficient (Wildman–Crippen LogP) is 1.46. The largest absolute Gasteiger partial charge is 0.303 e. The Hall–Kier alpha value is -1.15. The van der Waals surface area contributed by atoms with Crippen LogP contribution in [-0.2, 0) is 11.2 Å². The Morgan fingerprint density at radius 2 is 2.23 bits per heavy atom. The average molecular weight is 175 g/mol. The molecule has 0 amide bonds. The van der Waals surface area contributed by atoms with Crippen LogP contribution in [0.1, 0.15) is 24.1 Å². The summed E-state index contributed by atoms with van der Waals surface area (Å²) in [5.41, 5.74) is 2.46. The van der Waals surface area contributed by atoms with Crippen molar-refractivity contribution in [1.82, 2.24) is 5.32 Å². The van der Waals surface area contributed by atoms with Crippen LogP contribution in [-0.4, -0.2) is 12.3 Å². The average Bonchev–Trinajstić information content (AvgIpc) is 2.17. The number of carbonyl (C=O) groups excluding carboxylic acids is 1. The lowest BCUT2D eigenvalue weighted by atomic mass is 9.92. The fourth-order valence-corrected chi connectivity index (χ4v) is 1.87. The third-order valence-electron chi connectivity index (χ3n) is 2.52. The van der Waals surface area contributed by atoms with Crippen LogP contribution in [0.2, 0.25) is 0 Å². The SMILES string of the molecule is CC(=O)C1NCCc2ccccc21. The molecule has 0 fully saturated rings. The van der Waals surface area contributed by atoms with Crippen molar-refractivity contribution in [3.8, 4) is 0 Å². The van der Waals surface area contributed by atoms with E-state index in [1.807, 2.05) is 18.2 Å². The molecule has 0 bridgehead atoms. The van der Waals surface area contributed by atoms with E-state index < -0.39 is 0 Å². The van der Waals surface area contributed by atoms with Crippen LogP contribution in [0, 0.1) is 0 Å². The number of ketones is 1. The number of Topliss-reactive ketones (excluding diaryl/α,β-unsaturated/α-hetero) is 1. The van der Waals surface area contributed by atoms with Crippen LogP contribution < -0.4 is 5.32 Å². The van der Waals surface area contributed by atoms with E-state index in [0.29, 0.717) is 0 Å². The molecule has 1 N–H and O–H groups in total. The number of hydrogen-bond acceptors (Lipinski definition) is 2. The molecule has 0 spiro atoms. The maximum atomic E-state index is 11.3. The molecule has 2 nitrogen and oxygen atoms in total. The lowest BCUT2D eigenvalue weighted by Crippen LogP contribution is -2.33. The zero-order chi connectivity index (χ0) is 9.26. The summed E-state index contributed by atoms with van der Waals surface area (Å²) in [6, 6.07) is 8.08. The van der Waals surface area contributed by atoms with Gasteiger partial charge in [0.1, 0.15) is 0 Å². The molecule has 1 aliphatic heterocycles. The molecule has 68 valence electrons. The Labute approximate surface area is 78.0 Å². The van der Waals surface area contributed by atoms with Crippen LogP contribution in [0.15, 0.2) is 24.3 Å². The van der Waals surface area contributed by atoms with Gasteiger partial charge in [-0.05, 0) is 24.5 Å². The Morgan fingerprint density at radius 3 is 3.00 bits per heavy atom. The van der Waals surface area contributed by atoms with Gasteiger partial charge >= 0.3 is 0 Å². The van der Waals surface area contributed by atoms with E-state index in [4.69, 9.17) is 0 Å². The summed E-state index contributed by atoms with van der Waals surface area (Å²) < 4.78 is 0. The van der Waals surface area contributed by atoms with E-state index in [1.165, 1.54) is 5.56 Å². The van der Waals surface area contributed by atoms with E-state index in [1.54, 1.807) is 6.92 Å². The highest BCUT2D eigenvalue weighted by atomic mass is 16.1. The van der Waals surface area contributed by atoms with Crippen molar-refractivity contribution in [3.05, 3.63) is 35.4 Å². The van der Waals surface area contributed by atoms with Crippen molar-refractivity contribution < 1.29 is 4.79 Å². The highest BCUT2D eigenvalue weighted by molar-refractivity contribution is 5.83. The summed E-state index contributed by atoms with van der Waals surface area (Å²) in [4.78, 5) is 11.3. The van der Waals surface area contributed by atoms with Gasteiger partial charge in [-0.25, -0.2) is 0 Å². The van der Waals surface area contributed by atoms with Gasteiger partial charge in [0, 0.05) is 6.54 Å². The zero-order valence-electron chi connectivity index (χ0n) is 7.71. The Balaban J connectivity index is 2.42. The second-order valence-electron chi connectivity index (χ2n) is 3.45. The minimum absolute atomic E-state index is 0.0788. The Kier molecular flexibility index (Phi) is 2.15. The standard InChI is InChI=1S/C11H13NO/c1-8(13)11-10-5-3-2-4-9(10)6-7-12-11/h2-5,11-12H,6-7H2,1H3. The number of carbonyl (C=O) groups is 1. The van der Waals surface area contributed by atoms with Crippen LogP contribution in [0.5, 0.6) is 0 Å². The van der Waals surface area contributed by atoms with Gasteiger partial charge < -0.3 is 5.32 Å². The molecule has 0 saturated carbocycles. The molecular weight excluding hydrogens is 162 g/mol. The second-order valence-corrected chi connectivity index (χ2v) is 3.45. The molecule has 13 heavy (non-hydrogen) atoms. The van der Waals surface area contributed by atoms with Crippen LogP contribution in [0.25, 0.3) is 0 Å². The van der Waals surface area contributed by atoms with Crippen molar-refractivity contribution in [2.75, 3.05) is 6.54 Å². The first kappa shape index (κ1) is 8.45. The summed E-state index contributed by atoms with van der Waals surface area (Å²) in [5, 5.41) is 3.23. The monoisotopic (exact) mass is 175 g/mol. The smallest absolute Gasteiger partial charge is 0.151 e. The van der Waals surface area contributed by atoms with Crippen molar-refractivity contribution in [2.45, 2.75) is 19.4 Å². The van der Waals surface area contributed by atoms with Gasteiger partial charge in [0.25, 0.3) is 0 Å².